The van der Waals surface area contributed by atoms with Gasteiger partial charge in [0.05, 0.1) is 6.04 Å². The van der Waals surface area contributed by atoms with Crippen molar-refractivity contribution in [3.8, 4) is 0 Å². The van der Waals surface area contributed by atoms with Crippen LogP contribution in [0, 0.1) is 11.3 Å². The number of aryl methyl sites for hydroxylation is 1. The van der Waals surface area contributed by atoms with E-state index in [2.05, 4.69) is 16.0 Å². The molecule has 12 nitrogen and oxygen atoms in total. The number of hydrogen-bond acceptors (Lipinski definition) is 7. The number of nitrogens with zero attached hydrogens (tertiary/aromatic N) is 2. The quantitative estimate of drug-likeness (QED) is 0.147. The van der Waals surface area contributed by atoms with Gasteiger partial charge in [0.15, 0.2) is 0 Å². The molecular weight excluding hydrogens is 658 g/mol. The van der Waals surface area contributed by atoms with Crippen LogP contribution in [-0.4, -0.2) is 96.2 Å². The van der Waals surface area contributed by atoms with Crippen LogP contribution in [0.4, 0.5) is 0 Å². The predicted molar refractivity (Wildman–Crippen MR) is 202 cm³/mol. The Labute approximate surface area is 308 Å². The Hall–Kier alpha value is -4.29. The molecule has 0 aromatic heterocycles. The standard InChI is InChI=1S/C40H59N7O5/c1-28(2)24-35(38(51)44-34(16-10-11-21-41)39(52)46-22-19-40(20-23-46)26-47(27-40)29(3)48)45-37(50)33(18-17-30-12-6-4-7-13-30)43-36(49)32(42)25-31-14-8-5-9-15-31/h4-9,12-15,28,32-35H,10-11,16-27,41-42H2,1-3H3,(H,43,49)(H,44,51)(H,45,50)/t32-,33-,34-,35-/m1/s1. The Morgan fingerprint density at radius 1 is 0.731 bits per heavy atom. The van der Waals surface area contributed by atoms with Crippen molar-refractivity contribution in [2.75, 3.05) is 32.7 Å². The lowest BCUT2D eigenvalue weighted by Crippen LogP contribution is -2.63. The molecule has 5 amide bonds. The molecule has 0 saturated carbocycles. The molecule has 0 radical (unpaired) electrons. The molecule has 2 aromatic carbocycles. The predicted octanol–water partition coefficient (Wildman–Crippen LogP) is 2.29. The van der Waals surface area contributed by atoms with Crippen LogP contribution < -0.4 is 27.4 Å². The zero-order chi connectivity index (χ0) is 37.7. The fourth-order valence-corrected chi connectivity index (χ4v) is 7.19. The Kier molecular flexibility index (Phi) is 15.2. The van der Waals surface area contributed by atoms with Crippen LogP contribution in [0.3, 0.4) is 0 Å². The fourth-order valence-electron chi connectivity index (χ4n) is 7.19. The first-order chi connectivity index (χ1) is 24.9. The van der Waals surface area contributed by atoms with E-state index in [9.17, 15) is 24.0 Å². The maximum atomic E-state index is 14.0. The zero-order valence-corrected chi connectivity index (χ0v) is 31.2. The van der Waals surface area contributed by atoms with Gasteiger partial charge in [-0.1, -0.05) is 74.5 Å². The Morgan fingerprint density at radius 2 is 1.29 bits per heavy atom. The minimum atomic E-state index is -0.940. The van der Waals surface area contributed by atoms with E-state index < -0.39 is 41.9 Å². The molecule has 1 spiro atoms. The van der Waals surface area contributed by atoms with E-state index in [0.717, 1.165) is 37.1 Å². The van der Waals surface area contributed by atoms with Crippen molar-refractivity contribution in [1.29, 1.82) is 0 Å². The molecule has 284 valence electrons. The number of piperidine rings is 1. The normalized spacial score (nSPS) is 17.4. The monoisotopic (exact) mass is 717 g/mol. The van der Waals surface area contributed by atoms with E-state index >= 15 is 0 Å². The van der Waals surface area contributed by atoms with E-state index in [-0.39, 0.29) is 23.1 Å². The average Bonchev–Trinajstić information content (AvgIpc) is 3.11. The van der Waals surface area contributed by atoms with Gasteiger partial charge >= 0.3 is 0 Å². The SMILES string of the molecule is CC(=O)N1CC2(CCN(C(=O)[C@@H](CCCCN)NC(=O)[C@@H](CC(C)C)NC(=O)[C@@H](CCc3ccccc3)NC(=O)[C@H](N)Cc3ccccc3)CC2)C1. The van der Waals surface area contributed by atoms with E-state index in [1.165, 1.54) is 0 Å². The number of hydrogen-bond donors (Lipinski definition) is 5. The van der Waals surface area contributed by atoms with Gasteiger partial charge in [-0.2, -0.15) is 0 Å². The molecule has 4 atom stereocenters. The number of amides is 5. The van der Waals surface area contributed by atoms with Gasteiger partial charge in [-0.3, -0.25) is 24.0 Å². The van der Waals surface area contributed by atoms with Gasteiger partial charge in [0.1, 0.15) is 18.1 Å². The fraction of sp³-hybridized carbons (Fsp3) is 0.575. The van der Waals surface area contributed by atoms with Crippen molar-refractivity contribution < 1.29 is 24.0 Å². The Bertz CT molecular complexity index is 1470. The summed E-state index contributed by atoms with van der Waals surface area (Å²) in [5, 5.41) is 8.78. The molecule has 12 heteroatoms. The molecule has 0 aliphatic carbocycles. The summed E-state index contributed by atoms with van der Waals surface area (Å²) in [7, 11) is 0. The summed E-state index contributed by atoms with van der Waals surface area (Å²) < 4.78 is 0. The molecule has 0 bridgehead atoms. The van der Waals surface area contributed by atoms with Crippen molar-refractivity contribution in [3.63, 3.8) is 0 Å². The van der Waals surface area contributed by atoms with Gasteiger partial charge in [-0.05, 0) is 81.4 Å². The van der Waals surface area contributed by atoms with E-state index in [1.807, 2.05) is 84.3 Å². The molecule has 2 aromatic rings. The summed E-state index contributed by atoms with van der Waals surface area (Å²) in [6.07, 6.45) is 4.90. The smallest absolute Gasteiger partial charge is 0.245 e. The maximum Gasteiger partial charge on any atom is 0.245 e. The largest absolute Gasteiger partial charge is 0.343 e. The number of rotatable bonds is 18. The molecule has 0 unspecified atom stereocenters. The minimum Gasteiger partial charge on any atom is -0.343 e. The van der Waals surface area contributed by atoms with Gasteiger partial charge in [0, 0.05) is 38.5 Å². The second kappa shape index (κ2) is 19.5. The van der Waals surface area contributed by atoms with Gasteiger partial charge < -0.3 is 37.2 Å². The molecule has 7 N–H and O–H groups in total. The third kappa shape index (κ3) is 11.9. The van der Waals surface area contributed by atoms with E-state index in [1.54, 1.807) is 6.92 Å². The highest BCUT2D eigenvalue weighted by molar-refractivity contribution is 5.95. The highest BCUT2D eigenvalue weighted by Gasteiger charge is 2.47. The number of nitrogens with one attached hydrogen (secondary N) is 3. The van der Waals surface area contributed by atoms with Crippen LogP contribution in [0.25, 0.3) is 0 Å². The number of nitrogens with two attached hydrogens (primary N) is 2. The van der Waals surface area contributed by atoms with Crippen LogP contribution in [0.15, 0.2) is 60.7 Å². The Balaban J connectivity index is 1.44. The number of carbonyl (C=O) groups excluding carboxylic acids is 5. The first-order valence-electron chi connectivity index (χ1n) is 18.9. The molecule has 2 heterocycles. The summed E-state index contributed by atoms with van der Waals surface area (Å²) in [6.45, 7) is 8.57. The lowest BCUT2D eigenvalue weighted by Gasteiger charge is -2.54. The van der Waals surface area contributed by atoms with Crippen molar-refractivity contribution in [1.82, 2.24) is 25.8 Å². The summed E-state index contributed by atoms with van der Waals surface area (Å²) >= 11 is 0. The summed E-state index contributed by atoms with van der Waals surface area (Å²) in [6, 6.07) is 15.6. The van der Waals surface area contributed by atoms with Gasteiger partial charge in [0.2, 0.25) is 29.5 Å². The summed E-state index contributed by atoms with van der Waals surface area (Å²) in [5.74, 6) is -1.39. The first-order valence-corrected chi connectivity index (χ1v) is 18.9. The highest BCUT2D eigenvalue weighted by Crippen LogP contribution is 2.40. The van der Waals surface area contributed by atoms with Crippen LogP contribution in [0.5, 0.6) is 0 Å². The van der Waals surface area contributed by atoms with Crippen molar-refractivity contribution in [2.45, 2.75) is 103 Å². The lowest BCUT2D eigenvalue weighted by molar-refractivity contribution is -0.149. The highest BCUT2D eigenvalue weighted by atomic mass is 16.2. The first kappa shape index (κ1) is 40.5. The topological polar surface area (TPSA) is 180 Å². The van der Waals surface area contributed by atoms with Crippen LogP contribution in [-0.2, 0) is 36.8 Å². The molecule has 2 saturated heterocycles. The molecule has 2 fully saturated rings. The lowest BCUT2D eigenvalue weighted by atomic mass is 9.72. The van der Waals surface area contributed by atoms with Gasteiger partial charge in [0.25, 0.3) is 0 Å². The van der Waals surface area contributed by atoms with Crippen molar-refractivity contribution in [2.24, 2.45) is 22.8 Å². The van der Waals surface area contributed by atoms with Gasteiger partial charge in [-0.25, -0.2) is 0 Å². The minimum absolute atomic E-state index is 0.0504. The molecule has 4 rings (SSSR count). The molecule has 2 aliphatic heterocycles. The van der Waals surface area contributed by atoms with Crippen LogP contribution >= 0.6 is 0 Å². The molecular formula is C40H59N7O5. The number of likely N-dealkylation sites (tertiary alicyclic amines) is 2. The third-order valence-corrected chi connectivity index (χ3v) is 10.4. The maximum absolute atomic E-state index is 14.0. The van der Waals surface area contributed by atoms with Crippen molar-refractivity contribution in [3.05, 3.63) is 71.8 Å². The van der Waals surface area contributed by atoms with Crippen LogP contribution in [0.2, 0.25) is 0 Å². The van der Waals surface area contributed by atoms with Crippen molar-refractivity contribution >= 4 is 29.5 Å². The number of unbranched alkanes of at least 4 members (excludes halogenated alkanes) is 1. The Morgan fingerprint density at radius 3 is 1.87 bits per heavy atom. The van der Waals surface area contributed by atoms with E-state index in [0.29, 0.717) is 64.6 Å². The second-order valence-corrected chi connectivity index (χ2v) is 15.1. The van der Waals surface area contributed by atoms with Gasteiger partial charge in [-0.15, -0.1) is 0 Å². The van der Waals surface area contributed by atoms with Crippen LogP contribution in [0.1, 0.15) is 76.8 Å². The summed E-state index contributed by atoms with van der Waals surface area (Å²) in [4.78, 5) is 70.6. The second-order valence-electron chi connectivity index (χ2n) is 15.1. The van der Waals surface area contributed by atoms with E-state index in [4.69, 9.17) is 11.5 Å². The average molecular weight is 718 g/mol. The third-order valence-electron chi connectivity index (χ3n) is 10.4. The zero-order valence-electron chi connectivity index (χ0n) is 31.2. The number of carbonyl (C=O) groups is 5. The molecule has 52 heavy (non-hydrogen) atoms. The number of benzene rings is 2. The summed E-state index contributed by atoms with van der Waals surface area (Å²) in [5.41, 5.74) is 14.0. The molecule has 2 aliphatic rings.